The molecule has 2 rings (SSSR count). The van der Waals surface area contributed by atoms with Crippen molar-refractivity contribution in [3.63, 3.8) is 0 Å². The third-order valence-electron chi connectivity index (χ3n) is 4.34. The summed E-state index contributed by atoms with van der Waals surface area (Å²) >= 11 is 0. The molecule has 4 heteroatoms. The average molecular weight is 319 g/mol. The molecular weight excluding hydrogens is 290 g/mol. The van der Waals surface area contributed by atoms with Crippen molar-refractivity contribution in [3.8, 4) is 5.75 Å². The molecule has 1 saturated heterocycles. The van der Waals surface area contributed by atoms with Crippen LogP contribution in [0.2, 0.25) is 0 Å². The number of nitrogens with zero attached hydrogens (tertiary/aromatic N) is 1. The van der Waals surface area contributed by atoms with Gasteiger partial charge in [0.15, 0.2) is 0 Å². The summed E-state index contributed by atoms with van der Waals surface area (Å²) in [5, 5.41) is 0. The van der Waals surface area contributed by atoms with Gasteiger partial charge < -0.3 is 14.4 Å². The monoisotopic (exact) mass is 319 g/mol. The van der Waals surface area contributed by atoms with Crippen LogP contribution in [0.4, 0.5) is 0 Å². The summed E-state index contributed by atoms with van der Waals surface area (Å²) in [4.78, 5) is 14.2. The van der Waals surface area contributed by atoms with Crippen LogP contribution in [0.3, 0.4) is 0 Å². The van der Waals surface area contributed by atoms with E-state index in [1.807, 2.05) is 37.3 Å². The summed E-state index contributed by atoms with van der Waals surface area (Å²) < 4.78 is 10.8. The number of carbonyl (C=O) groups excluding carboxylic acids is 1. The molecule has 4 nitrogen and oxygen atoms in total. The summed E-state index contributed by atoms with van der Waals surface area (Å²) in [7, 11) is 0. The zero-order valence-electron chi connectivity index (χ0n) is 14.2. The fraction of sp³-hybridized carbons (Fsp3) is 0.632. The molecule has 0 aromatic heterocycles. The fourth-order valence-electron chi connectivity index (χ4n) is 2.97. The molecule has 1 heterocycles. The van der Waals surface area contributed by atoms with Crippen LogP contribution in [-0.2, 0) is 9.53 Å². The molecule has 0 aliphatic carbocycles. The number of likely N-dealkylation sites (tertiary alicyclic amines) is 1. The first-order valence-corrected chi connectivity index (χ1v) is 8.86. The molecular formula is C19H29NO3. The van der Waals surface area contributed by atoms with Gasteiger partial charge in [-0.25, -0.2) is 0 Å². The lowest BCUT2D eigenvalue weighted by molar-refractivity contribution is -0.149. The van der Waals surface area contributed by atoms with Crippen LogP contribution in [0.1, 0.15) is 39.0 Å². The molecule has 0 spiro atoms. The molecule has 0 radical (unpaired) electrons. The number of hydrogen-bond acceptors (Lipinski definition) is 4. The predicted octanol–water partition coefficient (Wildman–Crippen LogP) is 3.51. The van der Waals surface area contributed by atoms with Gasteiger partial charge in [0.05, 0.1) is 19.1 Å². The zero-order valence-corrected chi connectivity index (χ0v) is 14.2. The third-order valence-corrected chi connectivity index (χ3v) is 4.34. The summed E-state index contributed by atoms with van der Waals surface area (Å²) in [6.45, 7) is 6.31. The summed E-state index contributed by atoms with van der Waals surface area (Å²) in [6, 6.07) is 9.98. The van der Waals surface area contributed by atoms with Crippen molar-refractivity contribution in [3.05, 3.63) is 30.3 Å². The molecule has 1 fully saturated rings. The van der Waals surface area contributed by atoms with Crippen LogP contribution in [0, 0.1) is 5.92 Å². The van der Waals surface area contributed by atoms with Crippen LogP contribution < -0.4 is 4.74 Å². The molecule has 23 heavy (non-hydrogen) atoms. The number of ether oxygens (including phenoxy) is 2. The van der Waals surface area contributed by atoms with E-state index < -0.39 is 0 Å². The lowest BCUT2D eigenvalue weighted by Gasteiger charge is -2.30. The second-order valence-corrected chi connectivity index (χ2v) is 6.09. The van der Waals surface area contributed by atoms with Gasteiger partial charge in [-0.3, -0.25) is 4.79 Å². The largest absolute Gasteiger partial charge is 0.494 e. The average Bonchev–Trinajstić information content (AvgIpc) is 2.59. The van der Waals surface area contributed by atoms with Gasteiger partial charge in [-0.15, -0.1) is 0 Å². The third kappa shape index (κ3) is 6.61. The normalized spacial score (nSPS) is 16.2. The van der Waals surface area contributed by atoms with E-state index in [2.05, 4.69) is 4.90 Å². The zero-order chi connectivity index (χ0) is 16.3. The Bertz CT molecular complexity index is 441. The van der Waals surface area contributed by atoms with Crippen molar-refractivity contribution in [1.29, 1.82) is 0 Å². The molecule has 0 bridgehead atoms. The molecule has 0 atom stereocenters. The minimum absolute atomic E-state index is 0.00906. The standard InChI is InChI=1S/C19H29NO3/c1-2-22-19(21)17-11-14-20(15-12-17)13-7-4-8-16-23-18-9-5-3-6-10-18/h3,5-6,9-10,17H,2,4,7-8,11-16H2,1H3. The van der Waals surface area contributed by atoms with Gasteiger partial charge in [0.2, 0.25) is 0 Å². The van der Waals surface area contributed by atoms with E-state index in [0.717, 1.165) is 51.3 Å². The summed E-state index contributed by atoms with van der Waals surface area (Å²) in [5.41, 5.74) is 0. The maximum Gasteiger partial charge on any atom is 0.309 e. The van der Waals surface area contributed by atoms with Crippen LogP contribution in [0.5, 0.6) is 5.75 Å². The van der Waals surface area contributed by atoms with Crippen molar-refractivity contribution in [1.82, 2.24) is 4.90 Å². The number of unbranched alkanes of at least 4 members (excludes halogenated alkanes) is 2. The Morgan fingerprint density at radius 1 is 1.13 bits per heavy atom. The first-order chi connectivity index (χ1) is 11.3. The van der Waals surface area contributed by atoms with E-state index in [9.17, 15) is 4.79 Å². The Morgan fingerprint density at radius 3 is 2.57 bits per heavy atom. The number of benzene rings is 1. The van der Waals surface area contributed by atoms with Gasteiger partial charge >= 0.3 is 5.97 Å². The molecule has 1 aliphatic heterocycles. The van der Waals surface area contributed by atoms with Crippen molar-refractivity contribution >= 4 is 5.97 Å². The first kappa shape index (κ1) is 17.8. The lowest BCUT2D eigenvalue weighted by Crippen LogP contribution is -2.37. The van der Waals surface area contributed by atoms with Gasteiger partial charge in [0.25, 0.3) is 0 Å². The number of piperidine rings is 1. The number of esters is 1. The second kappa shape index (κ2) is 10.3. The predicted molar refractivity (Wildman–Crippen MR) is 91.6 cm³/mol. The van der Waals surface area contributed by atoms with Crippen LogP contribution in [0.25, 0.3) is 0 Å². The highest BCUT2D eigenvalue weighted by molar-refractivity contribution is 5.72. The van der Waals surface area contributed by atoms with Gasteiger partial charge in [0, 0.05) is 0 Å². The lowest BCUT2D eigenvalue weighted by atomic mass is 9.97. The van der Waals surface area contributed by atoms with Gasteiger partial charge in [-0.1, -0.05) is 18.2 Å². The Morgan fingerprint density at radius 2 is 1.87 bits per heavy atom. The van der Waals surface area contributed by atoms with Crippen molar-refractivity contribution in [2.24, 2.45) is 5.92 Å². The van der Waals surface area contributed by atoms with Crippen molar-refractivity contribution in [2.45, 2.75) is 39.0 Å². The number of hydrogen-bond donors (Lipinski definition) is 0. The second-order valence-electron chi connectivity index (χ2n) is 6.09. The highest BCUT2D eigenvalue weighted by Gasteiger charge is 2.25. The van der Waals surface area contributed by atoms with Gasteiger partial charge in [0.1, 0.15) is 5.75 Å². The molecule has 0 N–H and O–H groups in total. The smallest absolute Gasteiger partial charge is 0.309 e. The van der Waals surface area contributed by atoms with E-state index in [0.29, 0.717) is 6.61 Å². The van der Waals surface area contributed by atoms with Crippen LogP contribution >= 0.6 is 0 Å². The van der Waals surface area contributed by atoms with Crippen LogP contribution in [-0.4, -0.2) is 43.7 Å². The summed E-state index contributed by atoms with van der Waals surface area (Å²) in [5.74, 6) is 1.06. The SMILES string of the molecule is CCOC(=O)C1CCN(CCCCCOc2ccccc2)CC1. The Labute approximate surface area is 139 Å². The Balaban J connectivity index is 1.48. The van der Waals surface area contributed by atoms with Crippen molar-refractivity contribution in [2.75, 3.05) is 32.8 Å². The number of para-hydroxylation sites is 1. The van der Waals surface area contributed by atoms with E-state index in [4.69, 9.17) is 9.47 Å². The molecule has 1 aromatic rings. The topological polar surface area (TPSA) is 38.8 Å². The maximum absolute atomic E-state index is 11.7. The Hall–Kier alpha value is -1.55. The fourth-order valence-corrected chi connectivity index (χ4v) is 2.97. The van der Waals surface area contributed by atoms with Gasteiger partial charge in [-0.2, -0.15) is 0 Å². The Kier molecular flexibility index (Phi) is 7.95. The van der Waals surface area contributed by atoms with E-state index in [1.54, 1.807) is 0 Å². The molecule has 0 amide bonds. The molecule has 1 aliphatic rings. The number of carbonyl (C=O) groups is 1. The van der Waals surface area contributed by atoms with Crippen molar-refractivity contribution < 1.29 is 14.3 Å². The molecule has 128 valence electrons. The van der Waals surface area contributed by atoms with E-state index in [1.165, 1.54) is 12.8 Å². The first-order valence-electron chi connectivity index (χ1n) is 8.86. The highest BCUT2D eigenvalue weighted by Crippen LogP contribution is 2.19. The minimum Gasteiger partial charge on any atom is -0.494 e. The highest BCUT2D eigenvalue weighted by atomic mass is 16.5. The number of rotatable bonds is 9. The summed E-state index contributed by atoms with van der Waals surface area (Å²) in [6.07, 6.45) is 5.35. The molecule has 0 saturated carbocycles. The quantitative estimate of drug-likeness (QED) is 0.516. The molecule has 1 aromatic carbocycles. The maximum atomic E-state index is 11.7. The molecule has 0 unspecified atom stereocenters. The van der Waals surface area contributed by atoms with Crippen LogP contribution in [0.15, 0.2) is 30.3 Å². The van der Waals surface area contributed by atoms with Gasteiger partial charge in [-0.05, 0) is 70.8 Å². The van der Waals surface area contributed by atoms with E-state index in [-0.39, 0.29) is 11.9 Å². The minimum atomic E-state index is -0.00906. The van der Waals surface area contributed by atoms with E-state index >= 15 is 0 Å².